The zero-order chi connectivity index (χ0) is 22.9. The Morgan fingerprint density at radius 3 is 2.28 bits per heavy atom. The summed E-state index contributed by atoms with van der Waals surface area (Å²) < 4.78 is 40.7. The normalized spacial score (nSPS) is 17.2. The SMILES string of the molecule is O=C(NC1CC1)c1ccc(N2CCC(NS(=O)(=O)c3ccc(F)cc3)CC2)c([N+](=O)[O-])c1. The number of halogens is 1. The third kappa shape index (κ3) is 5.05. The number of nitrogens with one attached hydrogen (secondary N) is 2. The van der Waals surface area contributed by atoms with Crippen LogP contribution in [0, 0.1) is 15.9 Å². The number of carbonyl (C=O) groups is 1. The molecule has 2 fully saturated rings. The summed E-state index contributed by atoms with van der Waals surface area (Å²) in [6, 6.07) is 8.83. The lowest BCUT2D eigenvalue weighted by Gasteiger charge is -2.33. The van der Waals surface area contributed by atoms with E-state index in [1.165, 1.54) is 18.2 Å². The van der Waals surface area contributed by atoms with Crippen LogP contribution in [0.2, 0.25) is 0 Å². The average molecular weight is 463 g/mol. The molecule has 0 radical (unpaired) electrons. The molecule has 0 atom stereocenters. The van der Waals surface area contributed by atoms with Gasteiger partial charge in [0.25, 0.3) is 11.6 Å². The molecule has 1 saturated heterocycles. The molecular formula is C21H23FN4O5S. The first kappa shape index (κ1) is 22.2. The first-order valence-electron chi connectivity index (χ1n) is 10.3. The Bertz CT molecular complexity index is 1130. The number of nitro benzene ring substituents is 1. The molecule has 1 aliphatic carbocycles. The maximum absolute atomic E-state index is 13.1. The lowest BCUT2D eigenvalue weighted by atomic mass is 10.0. The number of amides is 1. The van der Waals surface area contributed by atoms with Crippen LogP contribution in [-0.2, 0) is 10.0 Å². The van der Waals surface area contributed by atoms with Gasteiger partial charge in [-0.15, -0.1) is 0 Å². The lowest BCUT2D eigenvalue weighted by molar-refractivity contribution is -0.384. The van der Waals surface area contributed by atoms with Crippen molar-refractivity contribution < 1.29 is 22.5 Å². The highest BCUT2D eigenvalue weighted by atomic mass is 32.2. The Labute approximate surface area is 184 Å². The van der Waals surface area contributed by atoms with Crippen molar-refractivity contribution in [1.82, 2.24) is 10.0 Å². The fourth-order valence-corrected chi connectivity index (χ4v) is 5.02. The van der Waals surface area contributed by atoms with Crippen LogP contribution in [0.15, 0.2) is 47.4 Å². The molecule has 11 heteroatoms. The maximum Gasteiger partial charge on any atom is 0.293 e. The molecule has 0 bridgehead atoms. The molecule has 2 aromatic rings. The highest BCUT2D eigenvalue weighted by Gasteiger charge is 2.29. The number of rotatable bonds is 7. The van der Waals surface area contributed by atoms with E-state index < -0.39 is 20.8 Å². The van der Waals surface area contributed by atoms with Gasteiger partial charge in [0.15, 0.2) is 0 Å². The fraction of sp³-hybridized carbons (Fsp3) is 0.381. The van der Waals surface area contributed by atoms with E-state index in [0.29, 0.717) is 31.6 Å². The summed E-state index contributed by atoms with van der Waals surface area (Å²) in [7, 11) is -3.79. The second kappa shape index (κ2) is 8.83. The van der Waals surface area contributed by atoms with Gasteiger partial charge >= 0.3 is 0 Å². The van der Waals surface area contributed by atoms with Crippen LogP contribution in [0.5, 0.6) is 0 Å². The van der Waals surface area contributed by atoms with Gasteiger partial charge in [0, 0.05) is 36.8 Å². The Hall–Kier alpha value is -3.05. The van der Waals surface area contributed by atoms with Gasteiger partial charge in [0.2, 0.25) is 10.0 Å². The van der Waals surface area contributed by atoms with Crippen LogP contribution in [0.4, 0.5) is 15.8 Å². The topological polar surface area (TPSA) is 122 Å². The van der Waals surface area contributed by atoms with Crippen molar-refractivity contribution in [2.75, 3.05) is 18.0 Å². The van der Waals surface area contributed by atoms with E-state index in [9.17, 15) is 27.7 Å². The zero-order valence-corrected chi connectivity index (χ0v) is 18.0. The highest BCUT2D eigenvalue weighted by Crippen LogP contribution is 2.32. The predicted octanol–water partition coefficient (Wildman–Crippen LogP) is 2.57. The average Bonchev–Trinajstić information content (AvgIpc) is 3.58. The molecule has 1 saturated carbocycles. The number of hydrogen-bond acceptors (Lipinski definition) is 6. The summed E-state index contributed by atoms with van der Waals surface area (Å²) in [5.74, 6) is -0.842. The number of anilines is 1. The van der Waals surface area contributed by atoms with Crippen molar-refractivity contribution in [2.24, 2.45) is 0 Å². The first-order valence-corrected chi connectivity index (χ1v) is 11.8. The molecule has 2 aliphatic rings. The maximum atomic E-state index is 13.1. The molecule has 1 amide bonds. The molecule has 1 heterocycles. The van der Waals surface area contributed by atoms with Crippen molar-refractivity contribution in [2.45, 2.75) is 42.7 Å². The second-order valence-electron chi connectivity index (χ2n) is 8.04. The minimum absolute atomic E-state index is 0.0166. The molecular weight excluding hydrogens is 439 g/mol. The van der Waals surface area contributed by atoms with Crippen LogP contribution in [0.3, 0.4) is 0 Å². The molecule has 2 N–H and O–H groups in total. The number of carbonyl (C=O) groups excluding carboxylic acids is 1. The van der Waals surface area contributed by atoms with E-state index in [4.69, 9.17) is 0 Å². The second-order valence-corrected chi connectivity index (χ2v) is 9.76. The molecule has 0 spiro atoms. The molecule has 4 rings (SSSR count). The number of hydrogen-bond donors (Lipinski definition) is 2. The Morgan fingerprint density at radius 2 is 1.69 bits per heavy atom. The van der Waals surface area contributed by atoms with Gasteiger partial charge in [-0.2, -0.15) is 0 Å². The van der Waals surface area contributed by atoms with Crippen molar-refractivity contribution in [3.63, 3.8) is 0 Å². The molecule has 0 aromatic heterocycles. The predicted molar refractivity (Wildman–Crippen MR) is 116 cm³/mol. The van der Waals surface area contributed by atoms with Crippen LogP contribution in [0.25, 0.3) is 0 Å². The van der Waals surface area contributed by atoms with Gasteiger partial charge in [-0.25, -0.2) is 17.5 Å². The van der Waals surface area contributed by atoms with E-state index in [1.54, 1.807) is 12.1 Å². The van der Waals surface area contributed by atoms with Crippen molar-refractivity contribution in [3.8, 4) is 0 Å². The zero-order valence-electron chi connectivity index (χ0n) is 17.2. The molecule has 2 aromatic carbocycles. The van der Waals surface area contributed by atoms with Gasteiger partial charge in [-0.1, -0.05) is 0 Å². The smallest absolute Gasteiger partial charge is 0.293 e. The van der Waals surface area contributed by atoms with Gasteiger partial charge in [0.1, 0.15) is 11.5 Å². The van der Waals surface area contributed by atoms with Crippen molar-refractivity contribution >= 4 is 27.3 Å². The minimum atomic E-state index is -3.79. The standard InChI is InChI=1S/C21H23FN4O5S/c22-15-2-6-18(7-3-15)32(30,31)24-17-9-11-25(12-10-17)19-8-1-14(13-20(19)26(28)29)21(27)23-16-4-5-16/h1-3,6-8,13,16-17,24H,4-5,9-12H2,(H,23,27). The number of benzene rings is 2. The quantitative estimate of drug-likeness (QED) is 0.482. The van der Waals surface area contributed by atoms with Crippen LogP contribution in [0.1, 0.15) is 36.0 Å². The summed E-state index contributed by atoms with van der Waals surface area (Å²) in [4.78, 5) is 25.2. The van der Waals surface area contributed by atoms with Crippen molar-refractivity contribution in [1.29, 1.82) is 0 Å². The molecule has 1 aliphatic heterocycles. The Morgan fingerprint density at radius 1 is 1.03 bits per heavy atom. The molecule has 170 valence electrons. The monoisotopic (exact) mass is 462 g/mol. The van der Waals surface area contributed by atoms with Gasteiger partial charge in [-0.3, -0.25) is 14.9 Å². The van der Waals surface area contributed by atoms with Gasteiger partial charge in [0.05, 0.1) is 9.82 Å². The van der Waals surface area contributed by atoms with Crippen LogP contribution >= 0.6 is 0 Å². The summed E-state index contributed by atoms with van der Waals surface area (Å²) in [6.07, 6.45) is 2.74. The summed E-state index contributed by atoms with van der Waals surface area (Å²) >= 11 is 0. The van der Waals surface area contributed by atoms with Gasteiger partial charge < -0.3 is 10.2 Å². The highest BCUT2D eigenvalue weighted by molar-refractivity contribution is 7.89. The van der Waals surface area contributed by atoms with E-state index in [2.05, 4.69) is 10.0 Å². The Kier molecular flexibility index (Phi) is 6.11. The summed E-state index contributed by atoms with van der Waals surface area (Å²) in [6.45, 7) is 0.816. The van der Waals surface area contributed by atoms with E-state index >= 15 is 0 Å². The van der Waals surface area contributed by atoms with Crippen molar-refractivity contribution in [3.05, 3.63) is 64.0 Å². The van der Waals surface area contributed by atoms with Gasteiger partial charge in [-0.05, 0) is 62.1 Å². The summed E-state index contributed by atoms with van der Waals surface area (Å²) in [5.41, 5.74) is 0.492. The molecule has 0 unspecified atom stereocenters. The number of sulfonamides is 1. The number of piperidine rings is 1. The van der Waals surface area contributed by atoms with Crippen LogP contribution in [-0.4, -0.2) is 44.4 Å². The van der Waals surface area contributed by atoms with E-state index in [1.807, 2.05) is 4.90 Å². The fourth-order valence-electron chi connectivity index (χ4n) is 3.71. The third-order valence-electron chi connectivity index (χ3n) is 5.63. The molecule has 9 nitrogen and oxygen atoms in total. The largest absolute Gasteiger partial charge is 0.366 e. The number of nitro groups is 1. The lowest BCUT2D eigenvalue weighted by Crippen LogP contribution is -2.44. The molecule has 32 heavy (non-hydrogen) atoms. The van der Waals surface area contributed by atoms with E-state index in [0.717, 1.165) is 25.0 Å². The first-order chi connectivity index (χ1) is 15.2. The van der Waals surface area contributed by atoms with Crippen LogP contribution < -0.4 is 14.9 Å². The third-order valence-corrected chi connectivity index (χ3v) is 7.16. The summed E-state index contributed by atoms with van der Waals surface area (Å²) in [5, 5.41) is 14.5. The van der Waals surface area contributed by atoms with E-state index in [-0.39, 0.29) is 34.1 Å². The number of nitrogens with zero attached hydrogens (tertiary/aromatic N) is 2. The minimum Gasteiger partial charge on any atom is -0.366 e. The Balaban J connectivity index is 1.42.